The van der Waals surface area contributed by atoms with E-state index in [0.29, 0.717) is 58.3 Å². The van der Waals surface area contributed by atoms with Crippen molar-refractivity contribution in [2.24, 2.45) is 5.16 Å². The SMILES string of the molecule is C/C=N/OCc1ccc(OCC(=O)NCCOCCOCCC(=O)NCCC)cc1. The predicted octanol–water partition coefficient (Wildman–Crippen LogP) is 1.65. The van der Waals surface area contributed by atoms with Crippen molar-refractivity contribution in [1.29, 1.82) is 0 Å². The Balaban J connectivity index is 1.98. The highest BCUT2D eigenvalue weighted by atomic mass is 16.6. The van der Waals surface area contributed by atoms with Crippen LogP contribution in [0, 0.1) is 0 Å². The molecule has 1 rings (SSSR count). The van der Waals surface area contributed by atoms with Gasteiger partial charge in [-0.15, -0.1) is 0 Å². The lowest BCUT2D eigenvalue weighted by Gasteiger charge is -2.09. The Kier molecular flexibility index (Phi) is 14.6. The number of hydrogen-bond acceptors (Lipinski definition) is 7. The van der Waals surface area contributed by atoms with Crippen LogP contribution in [0.15, 0.2) is 29.4 Å². The quantitative estimate of drug-likeness (QED) is 0.224. The molecule has 0 aliphatic carbocycles. The van der Waals surface area contributed by atoms with Crippen molar-refractivity contribution in [3.8, 4) is 5.75 Å². The van der Waals surface area contributed by atoms with Gasteiger partial charge >= 0.3 is 0 Å². The van der Waals surface area contributed by atoms with Gasteiger partial charge in [0.1, 0.15) is 12.4 Å². The summed E-state index contributed by atoms with van der Waals surface area (Å²) < 4.78 is 16.1. The number of amides is 2. The fourth-order valence-electron chi connectivity index (χ4n) is 2.17. The van der Waals surface area contributed by atoms with Gasteiger partial charge in [0, 0.05) is 25.7 Å². The number of carbonyl (C=O) groups is 2. The molecule has 0 spiro atoms. The van der Waals surface area contributed by atoms with E-state index < -0.39 is 0 Å². The molecule has 1 aromatic carbocycles. The number of oxime groups is 1. The van der Waals surface area contributed by atoms with Crippen molar-refractivity contribution in [2.75, 3.05) is 46.1 Å². The molecule has 9 heteroatoms. The fourth-order valence-corrected chi connectivity index (χ4v) is 2.17. The highest BCUT2D eigenvalue weighted by Gasteiger charge is 2.03. The van der Waals surface area contributed by atoms with E-state index >= 15 is 0 Å². The molecule has 0 aromatic heterocycles. The summed E-state index contributed by atoms with van der Waals surface area (Å²) in [5, 5.41) is 9.18. The predicted molar refractivity (Wildman–Crippen MR) is 113 cm³/mol. The number of carbonyl (C=O) groups excluding carboxylic acids is 2. The van der Waals surface area contributed by atoms with Crippen LogP contribution in [-0.4, -0.2) is 64.2 Å². The molecule has 168 valence electrons. The zero-order chi connectivity index (χ0) is 21.9. The van der Waals surface area contributed by atoms with Crippen LogP contribution in [0.3, 0.4) is 0 Å². The van der Waals surface area contributed by atoms with Crippen molar-refractivity contribution in [3.63, 3.8) is 0 Å². The zero-order valence-corrected chi connectivity index (χ0v) is 17.9. The van der Waals surface area contributed by atoms with Crippen LogP contribution in [-0.2, 0) is 30.5 Å². The van der Waals surface area contributed by atoms with Gasteiger partial charge < -0.3 is 29.7 Å². The van der Waals surface area contributed by atoms with Crippen LogP contribution < -0.4 is 15.4 Å². The maximum absolute atomic E-state index is 11.8. The zero-order valence-electron chi connectivity index (χ0n) is 17.9. The Labute approximate surface area is 178 Å². The Morgan fingerprint density at radius 3 is 2.37 bits per heavy atom. The number of nitrogens with zero attached hydrogens (tertiary/aromatic N) is 1. The molecule has 0 atom stereocenters. The summed E-state index contributed by atoms with van der Waals surface area (Å²) >= 11 is 0. The molecule has 9 nitrogen and oxygen atoms in total. The van der Waals surface area contributed by atoms with Gasteiger partial charge in [-0.25, -0.2) is 0 Å². The smallest absolute Gasteiger partial charge is 0.258 e. The lowest BCUT2D eigenvalue weighted by Crippen LogP contribution is -2.31. The Bertz CT molecular complexity index is 622. The van der Waals surface area contributed by atoms with Gasteiger partial charge in [0.25, 0.3) is 5.91 Å². The summed E-state index contributed by atoms with van der Waals surface area (Å²) in [6, 6.07) is 7.26. The first-order valence-corrected chi connectivity index (χ1v) is 10.2. The normalized spacial score (nSPS) is 10.7. The second-order valence-electron chi connectivity index (χ2n) is 6.24. The molecule has 0 heterocycles. The minimum atomic E-state index is -0.224. The molecular weight excluding hydrogens is 390 g/mol. The average molecular weight is 424 g/mol. The molecule has 0 fully saturated rings. The van der Waals surface area contributed by atoms with Crippen molar-refractivity contribution in [1.82, 2.24) is 10.6 Å². The molecule has 1 aromatic rings. The van der Waals surface area contributed by atoms with Crippen LogP contribution in [0.4, 0.5) is 0 Å². The molecule has 2 amide bonds. The molecule has 0 radical (unpaired) electrons. The number of ether oxygens (including phenoxy) is 3. The monoisotopic (exact) mass is 423 g/mol. The van der Waals surface area contributed by atoms with Gasteiger partial charge in [0.05, 0.1) is 26.4 Å². The molecule has 0 saturated heterocycles. The lowest BCUT2D eigenvalue weighted by molar-refractivity contribution is -0.123. The third-order valence-corrected chi connectivity index (χ3v) is 3.69. The molecule has 0 bridgehead atoms. The highest BCUT2D eigenvalue weighted by Crippen LogP contribution is 2.12. The van der Waals surface area contributed by atoms with Gasteiger partial charge in [-0.3, -0.25) is 9.59 Å². The first-order valence-electron chi connectivity index (χ1n) is 10.2. The summed E-state index contributed by atoms with van der Waals surface area (Å²) in [5.74, 6) is 0.372. The fraction of sp³-hybridized carbons (Fsp3) is 0.571. The molecular formula is C21H33N3O6. The van der Waals surface area contributed by atoms with Gasteiger partial charge in [0.2, 0.25) is 5.91 Å². The Morgan fingerprint density at radius 1 is 0.967 bits per heavy atom. The second kappa shape index (κ2) is 17.2. The van der Waals surface area contributed by atoms with Crippen LogP contribution in [0.1, 0.15) is 32.3 Å². The van der Waals surface area contributed by atoms with Crippen LogP contribution in [0.5, 0.6) is 5.75 Å². The van der Waals surface area contributed by atoms with E-state index in [1.807, 2.05) is 19.1 Å². The van der Waals surface area contributed by atoms with E-state index in [1.54, 1.807) is 25.3 Å². The maximum atomic E-state index is 11.8. The molecule has 0 aliphatic rings. The van der Waals surface area contributed by atoms with Gasteiger partial charge in [0.15, 0.2) is 6.61 Å². The first-order chi connectivity index (χ1) is 14.7. The van der Waals surface area contributed by atoms with Crippen molar-refractivity contribution in [2.45, 2.75) is 33.3 Å². The van der Waals surface area contributed by atoms with E-state index in [2.05, 4.69) is 15.8 Å². The third kappa shape index (κ3) is 13.5. The average Bonchev–Trinajstić information content (AvgIpc) is 2.76. The summed E-state index contributed by atoms with van der Waals surface area (Å²) in [6.45, 7) is 6.72. The van der Waals surface area contributed by atoms with E-state index in [-0.39, 0.29) is 18.4 Å². The summed E-state index contributed by atoms with van der Waals surface area (Å²) in [5.41, 5.74) is 0.957. The molecule has 0 saturated carbocycles. The van der Waals surface area contributed by atoms with Gasteiger partial charge in [-0.2, -0.15) is 0 Å². The van der Waals surface area contributed by atoms with E-state index in [0.717, 1.165) is 12.0 Å². The van der Waals surface area contributed by atoms with Crippen molar-refractivity contribution < 1.29 is 28.6 Å². The van der Waals surface area contributed by atoms with E-state index in [9.17, 15) is 9.59 Å². The number of hydrogen-bond donors (Lipinski definition) is 2. The van der Waals surface area contributed by atoms with Gasteiger partial charge in [-0.05, 0) is 31.0 Å². The Morgan fingerprint density at radius 2 is 1.67 bits per heavy atom. The lowest BCUT2D eigenvalue weighted by atomic mass is 10.2. The van der Waals surface area contributed by atoms with E-state index in [1.165, 1.54) is 0 Å². The third-order valence-electron chi connectivity index (χ3n) is 3.69. The largest absolute Gasteiger partial charge is 0.484 e. The topological polar surface area (TPSA) is 107 Å². The number of rotatable bonds is 17. The highest BCUT2D eigenvalue weighted by molar-refractivity contribution is 5.77. The molecule has 30 heavy (non-hydrogen) atoms. The van der Waals surface area contributed by atoms with Crippen molar-refractivity contribution in [3.05, 3.63) is 29.8 Å². The van der Waals surface area contributed by atoms with Crippen molar-refractivity contribution >= 4 is 18.0 Å². The van der Waals surface area contributed by atoms with Gasteiger partial charge in [-0.1, -0.05) is 24.2 Å². The molecule has 0 aliphatic heterocycles. The second-order valence-corrected chi connectivity index (χ2v) is 6.24. The van der Waals surface area contributed by atoms with Crippen LogP contribution in [0.25, 0.3) is 0 Å². The summed E-state index contributed by atoms with van der Waals surface area (Å²) in [6.07, 6.45) is 2.84. The minimum Gasteiger partial charge on any atom is -0.484 e. The summed E-state index contributed by atoms with van der Waals surface area (Å²) in [4.78, 5) is 28.2. The number of nitrogens with one attached hydrogen (secondary N) is 2. The summed E-state index contributed by atoms with van der Waals surface area (Å²) in [7, 11) is 0. The number of benzene rings is 1. The molecule has 2 N–H and O–H groups in total. The maximum Gasteiger partial charge on any atom is 0.258 e. The standard InChI is InChI=1S/C21H33N3O6/c1-3-10-22-20(25)9-12-27-14-15-28-13-11-23-21(26)17-29-19-7-5-18(6-8-19)16-30-24-4-2/h4-8H,3,9-17H2,1-2H3,(H,22,25)(H,23,26)/b24-4+. The molecule has 0 unspecified atom stereocenters. The van der Waals surface area contributed by atoms with Crippen LogP contribution >= 0.6 is 0 Å². The first kappa shape index (κ1) is 25.4. The van der Waals surface area contributed by atoms with E-state index in [4.69, 9.17) is 19.0 Å². The van der Waals surface area contributed by atoms with Crippen LogP contribution in [0.2, 0.25) is 0 Å². The Hall–Kier alpha value is -2.65. The minimum absolute atomic E-state index is 0.00522.